The first-order chi connectivity index (χ1) is 12.9. The molecule has 4 amide bonds. The summed E-state index contributed by atoms with van der Waals surface area (Å²) in [7, 11) is 2.97. The number of ether oxygens (including phenoxy) is 2. The van der Waals surface area contributed by atoms with Gasteiger partial charge in [-0.15, -0.1) is 0 Å². The van der Waals surface area contributed by atoms with Crippen molar-refractivity contribution in [3.8, 4) is 11.5 Å². The Hall–Kier alpha value is -3.49. The average Bonchev–Trinajstić information content (AvgIpc) is 3.27. The summed E-state index contributed by atoms with van der Waals surface area (Å²) in [5, 5.41) is 5.19. The fraction of sp³-hybridized carbons (Fsp3) is 0.278. The van der Waals surface area contributed by atoms with Gasteiger partial charge in [0.05, 0.1) is 26.2 Å². The van der Waals surface area contributed by atoms with E-state index in [0.29, 0.717) is 22.9 Å². The average molecular weight is 373 g/mol. The summed E-state index contributed by atoms with van der Waals surface area (Å²) in [6.45, 7) is 1.08. The highest BCUT2D eigenvalue weighted by atomic mass is 16.5. The van der Waals surface area contributed by atoms with E-state index in [0.717, 1.165) is 4.90 Å². The minimum absolute atomic E-state index is 0.292. The molecule has 0 radical (unpaired) electrons. The topological polar surface area (TPSA) is 110 Å². The van der Waals surface area contributed by atoms with E-state index in [-0.39, 0.29) is 0 Å². The van der Waals surface area contributed by atoms with Gasteiger partial charge in [0.2, 0.25) is 5.91 Å². The van der Waals surface area contributed by atoms with E-state index in [9.17, 15) is 14.4 Å². The van der Waals surface area contributed by atoms with Gasteiger partial charge in [0, 0.05) is 6.07 Å². The third kappa shape index (κ3) is 3.31. The standard InChI is InChI=1S/C18H19N3O6/c1-18(14-5-4-8-27-14)16(23)21(17(24)20-18)10-15(22)19-12-7-6-11(25-2)9-13(12)26-3/h4-9H,10H2,1-3H3,(H,19,22)(H,20,24)/t18-/m0/s1. The lowest BCUT2D eigenvalue weighted by Gasteiger charge is -2.19. The van der Waals surface area contributed by atoms with Crippen LogP contribution in [0.25, 0.3) is 0 Å². The molecule has 0 unspecified atom stereocenters. The number of anilines is 1. The number of hydrogen-bond donors (Lipinski definition) is 2. The van der Waals surface area contributed by atoms with Gasteiger partial charge in [-0.1, -0.05) is 0 Å². The van der Waals surface area contributed by atoms with Crippen LogP contribution in [0.3, 0.4) is 0 Å². The second kappa shape index (κ2) is 7.02. The van der Waals surface area contributed by atoms with Gasteiger partial charge >= 0.3 is 6.03 Å². The largest absolute Gasteiger partial charge is 0.497 e. The Morgan fingerprint density at radius 2 is 2.04 bits per heavy atom. The predicted octanol–water partition coefficient (Wildman–Crippen LogP) is 1.70. The number of benzene rings is 1. The van der Waals surface area contributed by atoms with Gasteiger partial charge in [0.1, 0.15) is 23.8 Å². The summed E-state index contributed by atoms with van der Waals surface area (Å²) in [6, 6.07) is 7.40. The van der Waals surface area contributed by atoms with Gasteiger partial charge < -0.3 is 24.5 Å². The minimum Gasteiger partial charge on any atom is -0.497 e. The maximum Gasteiger partial charge on any atom is 0.325 e. The van der Waals surface area contributed by atoms with Crippen molar-refractivity contribution in [1.82, 2.24) is 10.2 Å². The number of carbonyl (C=O) groups excluding carboxylic acids is 3. The quantitative estimate of drug-likeness (QED) is 0.746. The van der Waals surface area contributed by atoms with Crippen molar-refractivity contribution in [3.63, 3.8) is 0 Å². The smallest absolute Gasteiger partial charge is 0.325 e. The zero-order chi connectivity index (χ0) is 19.6. The van der Waals surface area contributed by atoms with Gasteiger partial charge in [-0.3, -0.25) is 14.5 Å². The maximum absolute atomic E-state index is 12.7. The molecule has 142 valence electrons. The predicted molar refractivity (Wildman–Crippen MR) is 94.5 cm³/mol. The molecule has 1 atom stereocenters. The Labute approximate surface area is 155 Å². The van der Waals surface area contributed by atoms with E-state index in [4.69, 9.17) is 13.9 Å². The molecule has 1 aliphatic heterocycles. The maximum atomic E-state index is 12.7. The molecule has 9 heteroatoms. The first-order valence-corrected chi connectivity index (χ1v) is 8.09. The number of amides is 4. The summed E-state index contributed by atoms with van der Waals surface area (Å²) in [4.78, 5) is 38.1. The summed E-state index contributed by atoms with van der Waals surface area (Å²) in [6.07, 6.45) is 1.41. The van der Waals surface area contributed by atoms with Crippen molar-refractivity contribution in [2.45, 2.75) is 12.5 Å². The van der Waals surface area contributed by atoms with Crippen LogP contribution in [0.5, 0.6) is 11.5 Å². The third-order valence-corrected chi connectivity index (χ3v) is 4.27. The second-order valence-electron chi connectivity index (χ2n) is 6.04. The molecule has 1 saturated heterocycles. The lowest BCUT2D eigenvalue weighted by atomic mass is 9.99. The summed E-state index contributed by atoms with van der Waals surface area (Å²) >= 11 is 0. The third-order valence-electron chi connectivity index (χ3n) is 4.27. The van der Waals surface area contributed by atoms with E-state index < -0.39 is 29.9 Å². The van der Waals surface area contributed by atoms with Gasteiger partial charge in [-0.05, 0) is 31.2 Å². The molecule has 0 spiro atoms. The first kappa shape index (κ1) is 18.3. The fourth-order valence-corrected chi connectivity index (χ4v) is 2.81. The SMILES string of the molecule is COc1ccc(NC(=O)CN2C(=O)N[C@@](C)(c3ccco3)C2=O)c(OC)c1. The molecule has 0 aliphatic carbocycles. The van der Waals surface area contributed by atoms with Crippen LogP contribution in [0.2, 0.25) is 0 Å². The van der Waals surface area contributed by atoms with Gasteiger partial charge in [0.15, 0.2) is 5.54 Å². The summed E-state index contributed by atoms with van der Waals surface area (Å²) in [5.74, 6) is 0.124. The van der Waals surface area contributed by atoms with Gasteiger partial charge in [0.25, 0.3) is 5.91 Å². The molecule has 0 bridgehead atoms. The second-order valence-corrected chi connectivity index (χ2v) is 6.04. The number of nitrogens with one attached hydrogen (secondary N) is 2. The van der Waals surface area contributed by atoms with Crippen LogP contribution in [0.1, 0.15) is 12.7 Å². The molecule has 1 fully saturated rings. The molecule has 27 heavy (non-hydrogen) atoms. The van der Waals surface area contributed by atoms with Crippen molar-refractivity contribution < 1.29 is 28.3 Å². The Balaban J connectivity index is 1.73. The van der Waals surface area contributed by atoms with Crippen LogP contribution in [-0.4, -0.2) is 43.5 Å². The monoisotopic (exact) mass is 373 g/mol. The molecule has 0 saturated carbocycles. The van der Waals surface area contributed by atoms with Gasteiger partial charge in [-0.25, -0.2) is 4.79 Å². The highest BCUT2D eigenvalue weighted by Crippen LogP contribution is 2.30. The fourth-order valence-electron chi connectivity index (χ4n) is 2.81. The number of methoxy groups -OCH3 is 2. The van der Waals surface area contributed by atoms with Gasteiger partial charge in [-0.2, -0.15) is 0 Å². The number of rotatable bonds is 6. The van der Waals surface area contributed by atoms with Crippen molar-refractivity contribution >= 4 is 23.5 Å². The summed E-state index contributed by atoms with van der Waals surface area (Å²) < 4.78 is 15.6. The molecule has 2 heterocycles. The van der Waals surface area contributed by atoms with Crippen LogP contribution in [0.15, 0.2) is 41.0 Å². The molecular formula is C18H19N3O6. The molecule has 3 rings (SSSR count). The minimum atomic E-state index is -1.35. The van der Waals surface area contributed by atoms with E-state index in [1.807, 2.05) is 0 Å². The lowest BCUT2D eigenvalue weighted by Crippen LogP contribution is -2.41. The van der Waals surface area contributed by atoms with Crippen LogP contribution >= 0.6 is 0 Å². The number of nitrogens with zero attached hydrogens (tertiary/aromatic N) is 1. The number of carbonyl (C=O) groups is 3. The Kier molecular flexibility index (Phi) is 4.76. The highest BCUT2D eigenvalue weighted by molar-refractivity contribution is 6.10. The van der Waals surface area contributed by atoms with Crippen LogP contribution < -0.4 is 20.1 Å². The highest BCUT2D eigenvalue weighted by Gasteiger charge is 2.51. The van der Waals surface area contributed by atoms with E-state index in [2.05, 4.69) is 10.6 Å². The van der Waals surface area contributed by atoms with E-state index in [1.165, 1.54) is 27.4 Å². The zero-order valence-electron chi connectivity index (χ0n) is 15.1. The van der Waals surface area contributed by atoms with Crippen molar-refractivity contribution in [1.29, 1.82) is 0 Å². The Bertz CT molecular complexity index is 879. The molecular weight excluding hydrogens is 354 g/mol. The molecule has 1 aliphatic rings. The van der Waals surface area contributed by atoms with Crippen molar-refractivity contribution in [2.75, 3.05) is 26.1 Å². The van der Waals surface area contributed by atoms with Crippen molar-refractivity contribution in [3.05, 3.63) is 42.4 Å². The molecule has 2 aromatic rings. The number of furan rings is 1. The Morgan fingerprint density at radius 1 is 1.26 bits per heavy atom. The van der Waals surface area contributed by atoms with Crippen LogP contribution in [-0.2, 0) is 15.1 Å². The molecule has 2 N–H and O–H groups in total. The normalized spacial score (nSPS) is 19.0. The van der Waals surface area contributed by atoms with Crippen LogP contribution in [0.4, 0.5) is 10.5 Å². The van der Waals surface area contributed by atoms with Crippen molar-refractivity contribution in [2.24, 2.45) is 0 Å². The van der Waals surface area contributed by atoms with E-state index >= 15 is 0 Å². The zero-order valence-corrected chi connectivity index (χ0v) is 15.1. The first-order valence-electron chi connectivity index (χ1n) is 8.09. The molecule has 1 aromatic carbocycles. The summed E-state index contributed by atoms with van der Waals surface area (Å²) in [5.41, 5.74) is -0.956. The number of urea groups is 1. The number of imide groups is 1. The van der Waals surface area contributed by atoms with Crippen LogP contribution in [0, 0.1) is 0 Å². The Morgan fingerprint density at radius 3 is 2.67 bits per heavy atom. The lowest BCUT2D eigenvalue weighted by molar-refractivity contribution is -0.134. The number of hydrogen-bond acceptors (Lipinski definition) is 6. The molecule has 1 aromatic heterocycles. The van der Waals surface area contributed by atoms with E-state index in [1.54, 1.807) is 30.3 Å². The molecule has 9 nitrogen and oxygen atoms in total.